The highest BCUT2D eigenvalue weighted by Gasteiger charge is 2.31. The predicted octanol–water partition coefficient (Wildman–Crippen LogP) is 1.10. The summed E-state index contributed by atoms with van der Waals surface area (Å²) in [6.45, 7) is 2.38. The average molecular weight is 169 g/mol. The van der Waals surface area contributed by atoms with Crippen molar-refractivity contribution in [3.05, 3.63) is 0 Å². The van der Waals surface area contributed by atoms with Crippen molar-refractivity contribution in [1.29, 1.82) is 0 Å². The lowest BCUT2D eigenvalue weighted by molar-refractivity contribution is 0.0119. The molecule has 3 rings (SSSR count). The first kappa shape index (κ1) is 8.52. The summed E-state index contributed by atoms with van der Waals surface area (Å²) >= 11 is 0. The SMILES string of the molecule is CN1CCC2CCC(CC2O)C1. The van der Waals surface area contributed by atoms with E-state index in [1.807, 2.05) is 0 Å². The second kappa shape index (κ2) is 3.35. The molecule has 3 atom stereocenters. The van der Waals surface area contributed by atoms with Crippen molar-refractivity contribution in [2.45, 2.75) is 31.8 Å². The Hall–Kier alpha value is -0.0800. The Kier molecular flexibility index (Phi) is 2.37. The van der Waals surface area contributed by atoms with Crippen molar-refractivity contribution in [3.63, 3.8) is 0 Å². The monoisotopic (exact) mass is 169 g/mol. The molecule has 1 saturated carbocycles. The van der Waals surface area contributed by atoms with Gasteiger partial charge in [0.25, 0.3) is 0 Å². The third-order valence-electron chi connectivity index (χ3n) is 3.52. The Morgan fingerprint density at radius 3 is 2.83 bits per heavy atom. The maximum Gasteiger partial charge on any atom is 0.0572 e. The number of rotatable bonds is 0. The Morgan fingerprint density at radius 1 is 1.25 bits per heavy atom. The normalized spacial score (nSPS) is 44.0. The van der Waals surface area contributed by atoms with Crippen molar-refractivity contribution < 1.29 is 5.11 Å². The van der Waals surface area contributed by atoms with Crippen LogP contribution in [0.1, 0.15) is 25.7 Å². The molecule has 0 aromatic carbocycles. The quantitative estimate of drug-likeness (QED) is 0.587. The Morgan fingerprint density at radius 2 is 2.08 bits per heavy atom. The second-order valence-electron chi connectivity index (χ2n) is 4.56. The van der Waals surface area contributed by atoms with E-state index < -0.39 is 0 Å². The van der Waals surface area contributed by atoms with Gasteiger partial charge in [-0.15, -0.1) is 0 Å². The molecule has 3 aliphatic rings. The number of aliphatic hydroxyl groups excluding tert-OH is 1. The standard InChI is InChI=1S/C10H19NO/c1-11-5-4-9-3-2-8(7-11)6-10(9)12/h8-10,12H,2-7H2,1H3. The molecule has 70 valence electrons. The van der Waals surface area contributed by atoms with Gasteiger partial charge < -0.3 is 10.0 Å². The lowest BCUT2D eigenvalue weighted by Gasteiger charge is -2.39. The first-order valence-corrected chi connectivity index (χ1v) is 5.12. The summed E-state index contributed by atoms with van der Waals surface area (Å²) in [5.41, 5.74) is 0. The molecule has 3 unspecified atom stereocenters. The van der Waals surface area contributed by atoms with Gasteiger partial charge in [0.1, 0.15) is 0 Å². The van der Waals surface area contributed by atoms with Crippen LogP contribution in [-0.4, -0.2) is 36.2 Å². The molecule has 2 nitrogen and oxygen atoms in total. The number of nitrogens with zero attached hydrogens (tertiary/aromatic N) is 1. The van der Waals surface area contributed by atoms with E-state index in [2.05, 4.69) is 11.9 Å². The lowest BCUT2D eigenvalue weighted by atomic mass is 9.76. The van der Waals surface area contributed by atoms with E-state index in [9.17, 15) is 5.11 Å². The van der Waals surface area contributed by atoms with Gasteiger partial charge in [0.15, 0.2) is 0 Å². The van der Waals surface area contributed by atoms with Gasteiger partial charge in [0.2, 0.25) is 0 Å². The maximum atomic E-state index is 9.77. The molecule has 0 aromatic rings. The van der Waals surface area contributed by atoms with Gasteiger partial charge in [-0.3, -0.25) is 0 Å². The van der Waals surface area contributed by atoms with Gasteiger partial charge in [0, 0.05) is 6.54 Å². The fourth-order valence-electron chi connectivity index (χ4n) is 2.71. The topological polar surface area (TPSA) is 23.5 Å². The zero-order valence-electron chi connectivity index (χ0n) is 7.87. The van der Waals surface area contributed by atoms with Crippen molar-refractivity contribution in [2.75, 3.05) is 20.1 Å². The Balaban J connectivity index is 2.02. The second-order valence-corrected chi connectivity index (χ2v) is 4.56. The number of aliphatic hydroxyl groups is 1. The lowest BCUT2D eigenvalue weighted by Crippen LogP contribution is -2.40. The molecule has 2 heterocycles. The van der Waals surface area contributed by atoms with Crippen LogP contribution in [-0.2, 0) is 0 Å². The van der Waals surface area contributed by atoms with Crippen LogP contribution < -0.4 is 0 Å². The Labute approximate surface area is 74.6 Å². The first-order valence-electron chi connectivity index (χ1n) is 5.12. The molecule has 1 N–H and O–H groups in total. The zero-order valence-corrected chi connectivity index (χ0v) is 7.87. The zero-order chi connectivity index (χ0) is 8.55. The van der Waals surface area contributed by atoms with Crippen LogP contribution in [0.2, 0.25) is 0 Å². The van der Waals surface area contributed by atoms with Gasteiger partial charge in [0.05, 0.1) is 6.10 Å². The minimum atomic E-state index is 0.0115. The van der Waals surface area contributed by atoms with Crippen molar-refractivity contribution in [1.82, 2.24) is 4.90 Å². The molecule has 3 fully saturated rings. The third kappa shape index (κ3) is 1.64. The van der Waals surface area contributed by atoms with Crippen molar-refractivity contribution in [2.24, 2.45) is 11.8 Å². The largest absolute Gasteiger partial charge is 0.393 e. The number of hydrogen-bond acceptors (Lipinski definition) is 2. The molecule has 0 aromatic heterocycles. The summed E-state index contributed by atoms with van der Waals surface area (Å²) in [6, 6.07) is 0. The van der Waals surface area contributed by atoms with Crippen LogP contribution in [0.4, 0.5) is 0 Å². The Bertz CT molecular complexity index is 158. The highest BCUT2D eigenvalue weighted by molar-refractivity contribution is 4.84. The van der Waals surface area contributed by atoms with Crippen LogP contribution >= 0.6 is 0 Å². The van der Waals surface area contributed by atoms with Gasteiger partial charge >= 0.3 is 0 Å². The third-order valence-corrected chi connectivity index (χ3v) is 3.52. The van der Waals surface area contributed by atoms with Crippen LogP contribution in [0.5, 0.6) is 0 Å². The van der Waals surface area contributed by atoms with E-state index in [-0.39, 0.29) is 6.10 Å². The highest BCUT2D eigenvalue weighted by atomic mass is 16.3. The predicted molar refractivity (Wildman–Crippen MR) is 49.0 cm³/mol. The van der Waals surface area contributed by atoms with Crippen LogP contribution in [0, 0.1) is 11.8 Å². The average Bonchev–Trinajstić information content (AvgIpc) is 1.99. The summed E-state index contributed by atoms with van der Waals surface area (Å²) in [4.78, 5) is 2.42. The van der Waals surface area contributed by atoms with Gasteiger partial charge in [-0.05, 0) is 51.1 Å². The molecular weight excluding hydrogens is 150 g/mol. The fraction of sp³-hybridized carbons (Fsp3) is 1.00. The first-order chi connectivity index (χ1) is 5.75. The minimum absolute atomic E-state index is 0.0115. The van der Waals surface area contributed by atoms with E-state index >= 15 is 0 Å². The summed E-state index contributed by atoms with van der Waals surface area (Å²) in [5, 5.41) is 9.77. The summed E-state index contributed by atoms with van der Waals surface area (Å²) in [7, 11) is 2.20. The minimum Gasteiger partial charge on any atom is -0.393 e. The molecule has 0 radical (unpaired) electrons. The van der Waals surface area contributed by atoms with Crippen molar-refractivity contribution in [3.8, 4) is 0 Å². The summed E-state index contributed by atoms with van der Waals surface area (Å²) in [6.07, 6.45) is 4.86. The molecule has 12 heavy (non-hydrogen) atoms. The van der Waals surface area contributed by atoms with E-state index in [1.165, 1.54) is 32.4 Å². The van der Waals surface area contributed by atoms with Crippen LogP contribution in [0.25, 0.3) is 0 Å². The highest BCUT2D eigenvalue weighted by Crippen LogP contribution is 2.33. The number of hydrogen-bond donors (Lipinski definition) is 1. The van der Waals surface area contributed by atoms with E-state index in [0.29, 0.717) is 5.92 Å². The van der Waals surface area contributed by atoms with E-state index in [0.717, 1.165) is 12.3 Å². The van der Waals surface area contributed by atoms with Crippen LogP contribution in [0.15, 0.2) is 0 Å². The molecule has 2 aliphatic heterocycles. The fourth-order valence-corrected chi connectivity index (χ4v) is 2.71. The van der Waals surface area contributed by atoms with E-state index in [1.54, 1.807) is 0 Å². The molecule has 2 saturated heterocycles. The smallest absolute Gasteiger partial charge is 0.0572 e. The number of fused-ring (bicyclic) bond motifs is 5. The van der Waals surface area contributed by atoms with Gasteiger partial charge in [-0.1, -0.05) is 0 Å². The molecule has 1 aliphatic carbocycles. The molecular formula is C10H19NO. The summed E-state index contributed by atoms with van der Waals surface area (Å²) < 4.78 is 0. The molecule has 2 bridgehead atoms. The van der Waals surface area contributed by atoms with Gasteiger partial charge in [-0.2, -0.15) is 0 Å². The molecule has 0 amide bonds. The van der Waals surface area contributed by atoms with E-state index in [4.69, 9.17) is 0 Å². The van der Waals surface area contributed by atoms with Crippen LogP contribution in [0.3, 0.4) is 0 Å². The maximum absolute atomic E-state index is 9.77. The van der Waals surface area contributed by atoms with Crippen molar-refractivity contribution >= 4 is 0 Å². The van der Waals surface area contributed by atoms with Gasteiger partial charge in [-0.25, -0.2) is 0 Å². The molecule has 0 spiro atoms. The molecule has 2 heteroatoms. The summed E-state index contributed by atoms with van der Waals surface area (Å²) in [5.74, 6) is 1.37.